The monoisotopic (exact) mass is 266 g/mol. The van der Waals surface area contributed by atoms with Gasteiger partial charge in [-0.25, -0.2) is 0 Å². The van der Waals surface area contributed by atoms with Crippen LogP contribution in [0.5, 0.6) is 0 Å². The van der Waals surface area contributed by atoms with Gasteiger partial charge in [-0.15, -0.1) is 0 Å². The summed E-state index contributed by atoms with van der Waals surface area (Å²) in [7, 11) is 2.10. The van der Waals surface area contributed by atoms with E-state index >= 15 is 0 Å². The fourth-order valence-electron chi connectivity index (χ4n) is 2.42. The van der Waals surface area contributed by atoms with Crippen molar-refractivity contribution < 1.29 is 9.32 Å². The first-order valence-corrected chi connectivity index (χ1v) is 6.76. The Hall–Kier alpha value is -1.43. The Balaban J connectivity index is 2.12. The van der Waals surface area contributed by atoms with E-state index < -0.39 is 0 Å². The first kappa shape index (κ1) is 14.0. The number of piperazine rings is 1. The Labute approximate surface area is 113 Å². The highest BCUT2D eigenvalue weighted by Gasteiger charge is 2.28. The molecule has 1 aromatic heterocycles. The fourth-order valence-corrected chi connectivity index (χ4v) is 2.42. The lowest BCUT2D eigenvalue weighted by molar-refractivity contribution is -0.119. The van der Waals surface area contributed by atoms with Crippen LogP contribution in [0.3, 0.4) is 0 Å². The molecule has 0 N–H and O–H groups in total. The van der Waals surface area contributed by atoms with Gasteiger partial charge >= 0.3 is 0 Å². The predicted molar refractivity (Wildman–Crippen MR) is 72.3 cm³/mol. The molecular formula is C13H22N4O2. The van der Waals surface area contributed by atoms with Gasteiger partial charge in [0.05, 0.1) is 5.92 Å². The molecule has 0 bridgehead atoms. The van der Waals surface area contributed by atoms with Crippen molar-refractivity contribution in [3.05, 3.63) is 5.89 Å². The number of aromatic nitrogens is 2. The van der Waals surface area contributed by atoms with E-state index in [4.69, 9.17) is 4.52 Å². The van der Waals surface area contributed by atoms with Gasteiger partial charge in [-0.05, 0) is 25.0 Å². The van der Waals surface area contributed by atoms with Gasteiger partial charge in [0.25, 0.3) is 5.95 Å². The summed E-state index contributed by atoms with van der Waals surface area (Å²) >= 11 is 0. The standard InChI is InChI=1S/C13H22N4O2/c1-9(2)11(10(3)18)12-14-13(15-19-12)17-7-5-16(4)6-8-17/h9,11H,5-8H2,1-4H3. The molecule has 1 saturated heterocycles. The van der Waals surface area contributed by atoms with Gasteiger partial charge in [0, 0.05) is 26.2 Å². The zero-order valence-corrected chi connectivity index (χ0v) is 12.1. The largest absolute Gasteiger partial charge is 0.337 e. The number of Topliss-reactive ketones (excluding diaryl/α,β-unsaturated/α-hetero) is 1. The smallest absolute Gasteiger partial charge is 0.266 e. The lowest BCUT2D eigenvalue weighted by Gasteiger charge is -2.31. The topological polar surface area (TPSA) is 62.5 Å². The molecule has 1 unspecified atom stereocenters. The van der Waals surface area contributed by atoms with Crippen molar-refractivity contribution in [3.8, 4) is 0 Å². The molecule has 1 fully saturated rings. The van der Waals surface area contributed by atoms with E-state index in [9.17, 15) is 4.79 Å². The van der Waals surface area contributed by atoms with Crippen LogP contribution in [0.1, 0.15) is 32.6 Å². The van der Waals surface area contributed by atoms with Crippen molar-refractivity contribution in [2.75, 3.05) is 38.1 Å². The summed E-state index contributed by atoms with van der Waals surface area (Å²) in [6, 6.07) is 0. The molecule has 1 aliphatic heterocycles. The number of hydrogen-bond acceptors (Lipinski definition) is 6. The highest BCUT2D eigenvalue weighted by Crippen LogP contribution is 2.25. The van der Waals surface area contributed by atoms with Crippen molar-refractivity contribution in [2.24, 2.45) is 5.92 Å². The third-order valence-electron chi connectivity index (χ3n) is 3.59. The molecule has 0 spiro atoms. The van der Waals surface area contributed by atoms with Crippen LogP contribution < -0.4 is 4.90 Å². The van der Waals surface area contributed by atoms with E-state index in [2.05, 4.69) is 27.0 Å². The second kappa shape index (κ2) is 5.69. The molecule has 0 radical (unpaired) electrons. The molecule has 0 aliphatic carbocycles. The van der Waals surface area contributed by atoms with Gasteiger partial charge in [-0.3, -0.25) is 4.79 Å². The van der Waals surface area contributed by atoms with Crippen molar-refractivity contribution >= 4 is 11.7 Å². The van der Waals surface area contributed by atoms with Crippen LogP contribution in [0.15, 0.2) is 4.52 Å². The van der Waals surface area contributed by atoms with E-state index in [1.807, 2.05) is 13.8 Å². The summed E-state index contributed by atoms with van der Waals surface area (Å²) in [4.78, 5) is 20.4. The Bertz CT molecular complexity index is 436. The molecule has 1 atom stereocenters. The number of carbonyl (C=O) groups excluding carboxylic acids is 1. The predicted octanol–water partition coefficient (Wildman–Crippen LogP) is 1.15. The van der Waals surface area contributed by atoms with Crippen LogP contribution in [0.25, 0.3) is 0 Å². The maximum absolute atomic E-state index is 11.7. The summed E-state index contributed by atoms with van der Waals surface area (Å²) < 4.78 is 5.29. The number of ketones is 1. The van der Waals surface area contributed by atoms with Crippen LogP contribution in [-0.2, 0) is 4.79 Å². The Morgan fingerprint density at radius 1 is 1.26 bits per heavy atom. The molecule has 6 heteroatoms. The van der Waals surface area contributed by atoms with Crippen molar-refractivity contribution in [1.82, 2.24) is 15.0 Å². The van der Waals surface area contributed by atoms with Gasteiger partial charge in [-0.2, -0.15) is 4.98 Å². The van der Waals surface area contributed by atoms with E-state index in [1.54, 1.807) is 6.92 Å². The lowest BCUT2D eigenvalue weighted by atomic mass is 9.92. The minimum Gasteiger partial charge on any atom is -0.337 e. The molecule has 2 rings (SSSR count). The highest BCUT2D eigenvalue weighted by molar-refractivity contribution is 5.82. The minimum atomic E-state index is -0.297. The van der Waals surface area contributed by atoms with E-state index in [0.717, 1.165) is 26.2 Å². The zero-order valence-electron chi connectivity index (χ0n) is 12.1. The first-order valence-electron chi connectivity index (χ1n) is 6.76. The fraction of sp³-hybridized carbons (Fsp3) is 0.769. The molecule has 1 aromatic rings. The molecule has 106 valence electrons. The number of likely N-dealkylation sites (N-methyl/N-ethyl adjacent to an activating group) is 1. The molecular weight excluding hydrogens is 244 g/mol. The Kier molecular flexibility index (Phi) is 4.19. The van der Waals surface area contributed by atoms with Crippen molar-refractivity contribution in [1.29, 1.82) is 0 Å². The quantitative estimate of drug-likeness (QED) is 0.814. The van der Waals surface area contributed by atoms with Crippen LogP contribution in [0, 0.1) is 5.92 Å². The zero-order chi connectivity index (χ0) is 14.0. The minimum absolute atomic E-state index is 0.0728. The van der Waals surface area contributed by atoms with Gasteiger partial charge in [0.2, 0.25) is 5.89 Å². The Morgan fingerprint density at radius 3 is 2.42 bits per heavy atom. The number of nitrogens with zero attached hydrogens (tertiary/aromatic N) is 4. The van der Waals surface area contributed by atoms with Gasteiger partial charge < -0.3 is 14.3 Å². The summed E-state index contributed by atoms with van der Waals surface area (Å²) in [5.41, 5.74) is 0. The molecule has 1 aliphatic rings. The van der Waals surface area contributed by atoms with E-state index in [-0.39, 0.29) is 17.6 Å². The van der Waals surface area contributed by atoms with Gasteiger partial charge in [0.1, 0.15) is 5.78 Å². The van der Waals surface area contributed by atoms with E-state index in [0.29, 0.717) is 11.8 Å². The SMILES string of the molecule is CC(=O)C(c1nc(N2CCN(C)CC2)no1)C(C)C. The number of anilines is 1. The first-order chi connectivity index (χ1) is 8.99. The molecule has 6 nitrogen and oxygen atoms in total. The van der Waals surface area contributed by atoms with Crippen LogP contribution in [0.4, 0.5) is 5.95 Å². The molecule has 0 aromatic carbocycles. The maximum Gasteiger partial charge on any atom is 0.266 e. The van der Waals surface area contributed by atoms with Crippen LogP contribution in [0.2, 0.25) is 0 Å². The van der Waals surface area contributed by atoms with Crippen molar-refractivity contribution in [2.45, 2.75) is 26.7 Å². The van der Waals surface area contributed by atoms with Gasteiger partial charge in [-0.1, -0.05) is 13.8 Å². The maximum atomic E-state index is 11.7. The molecule has 2 heterocycles. The summed E-state index contributed by atoms with van der Waals surface area (Å²) in [5.74, 6) is 0.988. The van der Waals surface area contributed by atoms with Crippen molar-refractivity contribution in [3.63, 3.8) is 0 Å². The number of carbonyl (C=O) groups is 1. The molecule has 0 amide bonds. The molecule has 0 saturated carbocycles. The van der Waals surface area contributed by atoms with Gasteiger partial charge in [0.15, 0.2) is 0 Å². The average Bonchev–Trinajstić information content (AvgIpc) is 2.78. The molecule has 19 heavy (non-hydrogen) atoms. The number of rotatable bonds is 4. The van der Waals surface area contributed by atoms with Crippen LogP contribution >= 0.6 is 0 Å². The van der Waals surface area contributed by atoms with E-state index in [1.165, 1.54) is 0 Å². The lowest BCUT2D eigenvalue weighted by Crippen LogP contribution is -2.44. The summed E-state index contributed by atoms with van der Waals surface area (Å²) in [6.07, 6.45) is 0. The average molecular weight is 266 g/mol. The normalized spacial score (nSPS) is 18.9. The highest BCUT2D eigenvalue weighted by atomic mass is 16.5. The second-order valence-corrected chi connectivity index (χ2v) is 5.56. The summed E-state index contributed by atoms with van der Waals surface area (Å²) in [6.45, 7) is 9.32. The number of hydrogen-bond donors (Lipinski definition) is 0. The third-order valence-corrected chi connectivity index (χ3v) is 3.59. The third kappa shape index (κ3) is 3.12. The van der Waals surface area contributed by atoms with Crippen LogP contribution in [-0.4, -0.2) is 54.1 Å². The summed E-state index contributed by atoms with van der Waals surface area (Å²) in [5, 5.41) is 4.02. The Morgan fingerprint density at radius 2 is 1.89 bits per heavy atom. The second-order valence-electron chi connectivity index (χ2n) is 5.56.